The molecular formula is C68H68N4O8. The number of terminal acetylenes is 8. The molecule has 0 radical (unpaired) electrons. The van der Waals surface area contributed by atoms with Crippen molar-refractivity contribution in [2.75, 3.05) is 26.4 Å². The third-order valence-electron chi connectivity index (χ3n) is 13.3. The van der Waals surface area contributed by atoms with Crippen molar-refractivity contribution in [3.05, 3.63) is 115 Å². The zero-order valence-corrected chi connectivity index (χ0v) is 47.9. The molecule has 0 unspecified atom stereocenters. The van der Waals surface area contributed by atoms with Gasteiger partial charge >= 0.3 is 0 Å². The van der Waals surface area contributed by atoms with Gasteiger partial charge in [0.05, 0.1) is 0 Å². The van der Waals surface area contributed by atoms with Crippen molar-refractivity contribution >= 4 is 23.6 Å². The lowest BCUT2D eigenvalue weighted by Gasteiger charge is -2.29. The summed E-state index contributed by atoms with van der Waals surface area (Å²) in [4.78, 5) is 57.9. The molecule has 4 aromatic carbocycles. The number of amides is 4. The molecule has 1 aliphatic carbocycles. The van der Waals surface area contributed by atoms with Crippen molar-refractivity contribution in [2.24, 2.45) is 0 Å². The summed E-state index contributed by atoms with van der Waals surface area (Å²) < 4.78 is 26.8. The van der Waals surface area contributed by atoms with E-state index in [4.69, 9.17) is 70.3 Å². The van der Waals surface area contributed by atoms with Crippen molar-refractivity contribution in [3.63, 3.8) is 0 Å². The van der Waals surface area contributed by atoms with E-state index in [1.165, 1.54) is 0 Å². The molecule has 0 aromatic heterocycles. The number of carbonyl (C=O) groups is 4. The number of benzene rings is 4. The summed E-state index contributed by atoms with van der Waals surface area (Å²) in [5.41, 5.74) is 6.70. The Balaban J connectivity index is 2.09. The standard InChI is InChI=1S/C68H68N4O8/c1-21-69(22-2)57(73)41-77-61-45-29-47-35-54(66(12,13)14)37-49(62(47)78-42-58(74)70(23-3)24-4)31-51-39-56(68(18,19)20)40-52(64(51)80-44-60(76)72(27-7)28-8)32-50-38-55(67(15,16)17)36-48(30-46(61)34-53(33-45)65(9,10)11)63(50)79-43-59(75)71(25-5)26-6/h1-8,33-40H,29-32,41-44H2,9-20H3. The molecule has 8 bridgehead atoms. The van der Waals surface area contributed by atoms with Crippen molar-refractivity contribution in [1.82, 2.24) is 19.6 Å². The van der Waals surface area contributed by atoms with Gasteiger partial charge in [-0.15, -0.1) is 0 Å². The van der Waals surface area contributed by atoms with Gasteiger partial charge in [-0.05, 0) is 88.4 Å². The van der Waals surface area contributed by atoms with Gasteiger partial charge < -0.3 is 18.9 Å². The Kier molecular flexibility index (Phi) is 19.0. The van der Waals surface area contributed by atoms with Gasteiger partial charge in [0.25, 0.3) is 23.6 Å². The topological polar surface area (TPSA) is 118 Å². The van der Waals surface area contributed by atoms with Crippen LogP contribution in [0.3, 0.4) is 0 Å². The molecule has 0 saturated heterocycles. The van der Waals surface area contributed by atoms with E-state index in [2.05, 4.69) is 131 Å². The number of ether oxygens (including phenoxy) is 4. The Hall–Kier alpha value is -9.56. The normalized spacial score (nSPS) is 11.8. The summed E-state index contributed by atoms with van der Waals surface area (Å²) >= 11 is 0. The van der Waals surface area contributed by atoms with Crippen LogP contribution in [0.4, 0.5) is 0 Å². The third kappa shape index (κ3) is 14.5. The number of fused-ring (bicyclic) bond motifs is 8. The molecule has 408 valence electrons. The first-order chi connectivity index (χ1) is 37.5. The zero-order chi connectivity index (χ0) is 59.7. The molecule has 4 amide bonds. The summed E-state index contributed by atoms with van der Waals surface area (Å²) in [6.07, 6.45) is 45.7. The highest BCUT2D eigenvalue weighted by Gasteiger charge is 2.31. The summed E-state index contributed by atoms with van der Waals surface area (Å²) in [7, 11) is 0. The van der Waals surface area contributed by atoms with E-state index < -0.39 is 71.7 Å². The molecule has 0 aliphatic heterocycles. The first-order valence-corrected chi connectivity index (χ1v) is 25.6. The molecule has 0 atom stereocenters. The molecule has 0 saturated carbocycles. The first-order valence-electron chi connectivity index (χ1n) is 25.6. The predicted octanol–water partition coefficient (Wildman–Crippen LogP) is 9.11. The Bertz CT molecular complexity index is 2870. The second-order valence-corrected chi connectivity index (χ2v) is 23.3. The Labute approximate surface area is 474 Å². The van der Waals surface area contributed by atoms with Gasteiger partial charge in [0.1, 0.15) is 23.0 Å². The monoisotopic (exact) mass is 1070 g/mol. The molecule has 0 spiro atoms. The lowest BCUT2D eigenvalue weighted by atomic mass is 9.79. The Morgan fingerprint density at radius 2 is 0.463 bits per heavy atom. The summed E-state index contributed by atoms with van der Waals surface area (Å²) in [5.74, 6) is -1.39. The smallest absolute Gasteiger partial charge is 0.283 e. The summed E-state index contributed by atoms with van der Waals surface area (Å²) in [5, 5.41) is 0. The van der Waals surface area contributed by atoms with Crippen LogP contribution in [0.25, 0.3) is 0 Å². The van der Waals surface area contributed by atoms with Crippen LogP contribution in [0.2, 0.25) is 0 Å². The van der Waals surface area contributed by atoms with Crippen molar-refractivity contribution in [1.29, 1.82) is 0 Å². The fourth-order valence-corrected chi connectivity index (χ4v) is 8.88. The minimum atomic E-state index is -0.673. The Morgan fingerprint density at radius 1 is 0.325 bits per heavy atom. The molecule has 4 aromatic rings. The van der Waals surface area contributed by atoms with Crippen molar-refractivity contribution in [3.8, 4) is 123 Å². The average Bonchev–Trinajstić information content (AvgIpc) is 3.37. The van der Waals surface area contributed by atoms with E-state index in [-0.39, 0.29) is 25.7 Å². The average molecular weight is 1070 g/mol. The lowest BCUT2D eigenvalue weighted by Crippen LogP contribution is -2.28. The molecule has 5 rings (SSSR count). The van der Waals surface area contributed by atoms with Crippen LogP contribution in [0.5, 0.6) is 23.0 Å². The maximum absolute atomic E-state index is 13.7. The highest BCUT2D eigenvalue weighted by molar-refractivity contribution is 5.83. The molecule has 0 N–H and O–H groups in total. The second kappa shape index (κ2) is 24.8. The molecule has 0 fully saturated rings. The third-order valence-corrected chi connectivity index (χ3v) is 13.3. The number of carbonyl (C=O) groups excluding carboxylic acids is 4. The lowest BCUT2D eigenvalue weighted by molar-refractivity contribution is -0.128. The summed E-state index contributed by atoms with van der Waals surface area (Å²) in [6, 6.07) is 33.9. The number of hydrogen-bond acceptors (Lipinski definition) is 8. The van der Waals surface area contributed by atoms with Gasteiger partial charge in [0.15, 0.2) is 26.4 Å². The number of rotatable bonds is 12. The maximum Gasteiger partial charge on any atom is 0.283 e. The fraction of sp³-hybridized carbons (Fsp3) is 0.353. The molecule has 80 heavy (non-hydrogen) atoms. The van der Waals surface area contributed by atoms with E-state index in [0.29, 0.717) is 67.5 Å². The van der Waals surface area contributed by atoms with Gasteiger partial charge in [0.2, 0.25) is 0 Å². The summed E-state index contributed by atoms with van der Waals surface area (Å²) in [6.45, 7) is 22.7. The van der Waals surface area contributed by atoms with Crippen LogP contribution >= 0.6 is 0 Å². The highest BCUT2D eigenvalue weighted by atomic mass is 16.5. The molecule has 12 heteroatoms. The van der Waals surface area contributed by atoms with Crippen LogP contribution in [0.15, 0.2) is 48.5 Å². The molecular weight excluding hydrogens is 1000 g/mol. The van der Waals surface area contributed by atoms with Gasteiger partial charge in [0, 0.05) is 74.0 Å². The van der Waals surface area contributed by atoms with Crippen LogP contribution in [-0.4, -0.2) is 69.7 Å². The first kappa shape index (κ1) is 61.3. The van der Waals surface area contributed by atoms with Crippen LogP contribution < -0.4 is 18.9 Å². The minimum absolute atomic E-state index is 0.0984. The maximum atomic E-state index is 13.7. The van der Waals surface area contributed by atoms with Crippen molar-refractivity contribution < 1.29 is 38.1 Å². The van der Waals surface area contributed by atoms with Gasteiger partial charge in [-0.1, -0.05) is 183 Å². The van der Waals surface area contributed by atoms with E-state index in [9.17, 15) is 19.2 Å². The van der Waals surface area contributed by atoms with E-state index in [1.54, 1.807) is 0 Å². The molecule has 1 aliphatic rings. The largest absolute Gasteiger partial charge is 0.483 e. The molecule has 0 heterocycles. The van der Waals surface area contributed by atoms with E-state index in [0.717, 1.165) is 41.9 Å². The quantitative estimate of drug-likeness (QED) is 0.0898. The van der Waals surface area contributed by atoms with E-state index in [1.807, 2.05) is 48.5 Å². The number of nitrogens with zero attached hydrogens (tertiary/aromatic N) is 4. The van der Waals surface area contributed by atoms with Crippen LogP contribution in [-0.2, 0) is 66.5 Å². The Morgan fingerprint density at radius 3 is 0.575 bits per heavy atom. The van der Waals surface area contributed by atoms with Gasteiger partial charge in [-0.25, -0.2) is 0 Å². The fourth-order valence-electron chi connectivity index (χ4n) is 8.88. The highest BCUT2D eigenvalue weighted by Crippen LogP contribution is 2.44. The van der Waals surface area contributed by atoms with Crippen LogP contribution in [0.1, 0.15) is 150 Å². The number of hydrogen-bond donors (Lipinski definition) is 0. The van der Waals surface area contributed by atoms with Gasteiger partial charge in [-0.3, -0.25) is 19.2 Å². The van der Waals surface area contributed by atoms with Gasteiger partial charge in [-0.2, -0.15) is 19.6 Å². The SMILES string of the molecule is C#CN(C#C)C(=O)COc1c2cc(C(C)(C)C)cc1Cc1cc(C(C)(C)C)cc(c1OCC(=O)N(C#C)C#C)Cc1cc(C(C)(C)C)cc(c1OCC(=O)N(C#C)C#C)Cc1cc(C(C)(C)C)cc(c1OCC(=O)N(C#C)C#C)C2. The minimum Gasteiger partial charge on any atom is -0.483 e. The van der Waals surface area contributed by atoms with Crippen LogP contribution in [0, 0.1) is 99.7 Å². The zero-order valence-electron chi connectivity index (χ0n) is 47.9. The van der Waals surface area contributed by atoms with Crippen molar-refractivity contribution in [2.45, 2.75) is 130 Å². The molecule has 12 nitrogen and oxygen atoms in total. The second-order valence-electron chi connectivity index (χ2n) is 23.3. The van der Waals surface area contributed by atoms with E-state index >= 15 is 0 Å². The predicted molar refractivity (Wildman–Crippen MR) is 312 cm³/mol.